The summed E-state index contributed by atoms with van der Waals surface area (Å²) in [4.78, 5) is 24.3. The molecule has 0 rings (SSSR count). The molecular weight excluding hydrogens is 232 g/mol. The molecule has 0 bridgehead atoms. The van der Waals surface area contributed by atoms with Crippen LogP contribution in [0.25, 0.3) is 0 Å². The normalized spacial score (nSPS) is 12.3. The monoisotopic (exact) mass is 258 g/mol. The van der Waals surface area contributed by atoms with Crippen LogP contribution in [0.3, 0.4) is 0 Å². The molecule has 5 nitrogen and oxygen atoms in total. The van der Waals surface area contributed by atoms with Crippen molar-refractivity contribution in [3.05, 3.63) is 0 Å². The maximum Gasteiger partial charge on any atom is 0.317 e. The van der Waals surface area contributed by atoms with E-state index < -0.39 is 5.97 Å². The molecule has 1 unspecified atom stereocenters. The zero-order valence-electron chi connectivity index (χ0n) is 11.9. The summed E-state index contributed by atoms with van der Waals surface area (Å²) in [6.07, 6.45) is 2.21. The lowest BCUT2D eigenvalue weighted by molar-refractivity contribution is -0.141. The van der Waals surface area contributed by atoms with Gasteiger partial charge in [0.25, 0.3) is 0 Å². The Balaban J connectivity index is 3.91. The highest BCUT2D eigenvalue weighted by atomic mass is 16.4. The van der Waals surface area contributed by atoms with Crippen LogP contribution in [0.2, 0.25) is 0 Å². The predicted octanol–water partition coefficient (Wildman–Crippen LogP) is 2.32. The van der Waals surface area contributed by atoms with E-state index in [-0.39, 0.29) is 18.0 Å². The maximum atomic E-state index is 11.9. The van der Waals surface area contributed by atoms with E-state index in [4.69, 9.17) is 5.11 Å². The number of carboxylic acid groups (broad SMARTS) is 1. The van der Waals surface area contributed by atoms with Crippen LogP contribution >= 0.6 is 0 Å². The van der Waals surface area contributed by atoms with Crippen molar-refractivity contribution in [1.82, 2.24) is 10.2 Å². The maximum absolute atomic E-state index is 11.9. The van der Waals surface area contributed by atoms with Gasteiger partial charge in [-0.1, -0.05) is 13.8 Å². The lowest BCUT2D eigenvalue weighted by Crippen LogP contribution is -2.44. The summed E-state index contributed by atoms with van der Waals surface area (Å²) in [6, 6.07) is 0.123. The SMILES string of the molecule is CCCN(C(=O)NCCCC(C)C(=O)O)C(C)C. The molecule has 0 aromatic carbocycles. The lowest BCUT2D eigenvalue weighted by atomic mass is 10.1. The van der Waals surface area contributed by atoms with Gasteiger partial charge in [-0.05, 0) is 33.1 Å². The first-order chi connectivity index (χ1) is 8.40. The number of carbonyl (C=O) groups excluding carboxylic acids is 1. The van der Waals surface area contributed by atoms with Crippen LogP contribution in [0, 0.1) is 5.92 Å². The largest absolute Gasteiger partial charge is 0.481 e. The quantitative estimate of drug-likeness (QED) is 0.656. The molecule has 0 aliphatic carbocycles. The van der Waals surface area contributed by atoms with Gasteiger partial charge in [-0.2, -0.15) is 0 Å². The molecule has 106 valence electrons. The average Bonchev–Trinajstić information content (AvgIpc) is 2.30. The van der Waals surface area contributed by atoms with Gasteiger partial charge in [0.15, 0.2) is 0 Å². The highest BCUT2D eigenvalue weighted by Gasteiger charge is 2.15. The molecule has 2 N–H and O–H groups in total. The standard InChI is InChI=1S/C13H26N2O3/c1-5-9-15(10(2)3)13(18)14-8-6-7-11(4)12(16)17/h10-11H,5-9H2,1-4H3,(H,14,18)(H,16,17). The van der Waals surface area contributed by atoms with Crippen molar-refractivity contribution in [3.63, 3.8) is 0 Å². The Morgan fingerprint density at radius 2 is 1.89 bits per heavy atom. The van der Waals surface area contributed by atoms with Crippen LogP contribution in [-0.2, 0) is 4.79 Å². The van der Waals surface area contributed by atoms with E-state index in [9.17, 15) is 9.59 Å². The fourth-order valence-corrected chi connectivity index (χ4v) is 1.66. The topological polar surface area (TPSA) is 69.6 Å². The highest BCUT2D eigenvalue weighted by Crippen LogP contribution is 2.05. The first-order valence-corrected chi connectivity index (χ1v) is 6.67. The molecule has 0 spiro atoms. The molecular formula is C13H26N2O3. The van der Waals surface area contributed by atoms with Crippen LogP contribution in [0.4, 0.5) is 4.79 Å². The average molecular weight is 258 g/mol. The lowest BCUT2D eigenvalue weighted by Gasteiger charge is -2.26. The minimum Gasteiger partial charge on any atom is -0.481 e. The highest BCUT2D eigenvalue weighted by molar-refractivity contribution is 5.74. The van der Waals surface area contributed by atoms with Crippen molar-refractivity contribution in [2.24, 2.45) is 5.92 Å². The molecule has 5 heteroatoms. The second-order valence-corrected chi connectivity index (χ2v) is 4.90. The van der Waals surface area contributed by atoms with Crippen LogP contribution in [0.5, 0.6) is 0 Å². The molecule has 0 aromatic rings. The number of carboxylic acids is 1. The van der Waals surface area contributed by atoms with Gasteiger partial charge in [-0.3, -0.25) is 4.79 Å². The van der Waals surface area contributed by atoms with E-state index in [1.807, 2.05) is 20.8 Å². The number of hydrogen-bond donors (Lipinski definition) is 2. The fourth-order valence-electron chi connectivity index (χ4n) is 1.66. The van der Waals surface area contributed by atoms with Gasteiger partial charge in [0.2, 0.25) is 0 Å². The third kappa shape index (κ3) is 6.47. The molecule has 0 aliphatic rings. The Morgan fingerprint density at radius 1 is 1.28 bits per heavy atom. The van der Waals surface area contributed by atoms with Crippen LogP contribution in [0.15, 0.2) is 0 Å². The number of carbonyl (C=O) groups is 2. The second-order valence-electron chi connectivity index (χ2n) is 4.90. The van der Waals surface area contributed by atoms with Crippen molar-refractivity contribution in [1.29, 1.82) is 0 Å². The predicted molar refractivity (Wildman–Crippen MR) is 71.6 cm³/mol. The first-order valence-electron chi connectivity index (χ1n) is 6.67. The Kier molecular flexibility index (Phi) is 8.16. The number of nitrogens with one attached hydrogen (secondary N) is 1. The van der Waals surface area contributed by atoms with Gasteiger partial charge in [-0.15, -0.1) is 0 Å². The molecule has 0 heterocycles. The van der Waals surface area contributed by atoms with Gasteiger partial charge in [0, 0.05) is 19.1 Å². The van der Waals surface area contributed by atoms with Crippen molar-refractivity contribution in [2.75, 3.05) is 13.1 Å². The molecule has 0 saturated heterocycles. The van der Waals surface area contributed by atoms with Gasteiger partial charge in [0.1, 0.15) is 0 Å². The van der Waals surface area contributed by atoms with E-state index in [1.165, 1.54) is 0 Å². The molecule has 2 amide bonds. The van der Waals surface area contributed by atoms with Gasteiger partial charge < -0.3 is 15.3 Å². The number of amides is 2. The second kappa shape index (κ2) is 8.78. The third-order valence-electron chi connectivity index (χ3n) is 2.86. The molecule has 0 radical (unpaired) electrons. The Bertz CT molecular complexity index is 267. The Morgan fingerprint density at radius 3 is 2.33 bits per heavy atom. The van der Waals surface area contributed by atoms with Gasteiger partial charge in [0.05, 0.1) is 5.92 Å². The summed E-state index contributed by atoms with van der Waals surface area (Å²) >= 11 is 0. The minimum absolute atomic E-state index is 0.0603. The van der Waals surface area contributed by atoms with Crippen molar-refractivity contribution in [2.45, 2.75) is 53.0 Å². The molecule has 1 atom stereocenters. The van der Waals surface area contributed by atoms with E-state index >= 15 is 0 Å². The number of nitrogens with zero attached hydrogens (tertiary/aromatic N) is 1. The van der Waals surface area contributed by atoms with E-state index in [1.54, 1.807) is 11.8 Å². The van der Waals surface area contributed by atoms with Crippen molar-refractivity contribution >= 4 is 12.0 Å². The van der Waals surface area contributed by atoms with E-state index in [2.05, 4.69) is 5.32 Å². The third-order valence-corrected chi connectivity index (χ3v) is 2.86. The smallest absolute Gasteiger partial charge is 0.317 e. The summed E-state index contributed by atoms with van der Waals surface area (Å²) in [6.45, 7) is 8.97. The van der Waals surface area contributed by atoms with Crippen LogP contribution in [-0.4, -0.2) is 41.1 Å². The molecule has 18 heavy (non-hydrogen) atoms. The summed E-state index contributed by atoms with van der Waals surface area (Å²) in [5, 5.41) is 11.6. The summed E-state index contributed by atoms with van der Waals surface area (Å²) in [7, 11) is 0. The van der Waals surface area contributed by atoms with Crippen molar-refractivity contribution < 1.29 is 14.7 Å². The molecule has 0 saturated carbocycles. The van der Waals surface area contributed by atoms with Crippen LogP contribution in [0.1, 0.15) is 47.0 Å². The fraction of sp³-hybridized carbons (Fsp3) is 0.846. The Labute approximate surface area is 110 Å². The number of hydrogen-bond acceptors (Lipinski definition) is 2. The number of urea groups is 1. The first kappa shape index (κ1) is 16.7. The number of aliphatic carboxylic acids is 1. The summed E-state index contributed by atoms with van der Waals surface area (Å²) in [5.74, 6) is -1.13. The van der Waals surface area contributed by atoms with Crippen molar-refractivity contribution in [3.8, 4) is 0 Å². The van der Waals surface area contributed by atoms with E-state index in [0.29, 0.717) is 19.4 Å². The molecule has 0 aromatic heterocycles. The van der Waals surface area contributed by atoms with Gasteiger partial charge in [-0.25, -0.2) is 4.79 Å². The number of rotatable bonds is 8. The Hall–Kier alpha value is -1.26. The zero-order valence-corrected chi connectivity index (χ0v) is 11.9. The summed E-state index contributed by atoms with van der Waals surface area (Å²) < 4.78 is 0. The van der Waals surface area contributed by atoms with Gasteiger partial charge >= 0.3 is 12.0 Å². The summed E-state index contributed by atoms with van der Waals surface area (Å²) in [5.41, 5.74) is 0. The van der Waals surface area contributed by atoms with Crippen LogP contribution < -0.4 is 5.32 Å². The zero-order chi connectivity index (χ0) is 14.1. The minimum atomic E-state index is -0.781. The van der Waals surface area contributed by atoms with E-state index in [0.717, 1.165) is 13.0 Å². The molecule has 0 aliphatic heterocycles. The molecule has 0 fully saturated rings.